The Morgan fingerprint density at radius 1 is 1.33 bits per heavy atom. The van der Waals surface area contributed by atoms with Gasteiger partial charge in [0.1, 0.15) is 6.54 Å². The Morgan fingerprint density at radius 3 is 2.52 bits per heavy atom. The first-order chi connectivity index (χ1) is 9.92. The fourth-order valence-corrected chi connectivity index (χ4v) is 1.91. The maximum atomic E-state index is 12.4. The summed E-state index contributed by atoms with van der Waals surface area (Å²) in [5.74, 6) is -0.928. The van der Waals surface area contributed by atoms with Gasteiger partial charge in [0.15, 0.2) is 0 Å². The molecule has 21 heavy (non-hydrogen) atoms. The van der Waals surface area contributed by atoms with Crippen molar-refractivity contribution >= 4 is 17.6 Å². The van der Waals surface area contributed by atoms with Crippen molar-refractivity contribution in [1.82, 2.24) is 4.90 Å². The Bertz CT molecular complexity index is 556. The largest absolute Gasteiger partial charge is 0.465 e. The van der Waals surface area contributed by atoms with E-state index in [1.54, 1.807) is 13.8 Å². The van der Waals surface area contributed by atoms with Gasteiger partial charge in [0.25, 0.3) is 11.6 Å². The van der Waals surface area contributed by atoms with Crippen LogP contribution in [0.25, 0.3) is 0 Å². The van der Waals surface area contributed by atoms with Gasteiger partial charge in [0.2, 0.25) is 0 Å². The molecule has 0 aromatic heterocycles. The van der Waals surface area contributed by atoms with E-state index < -0.39 is 16.8 Å². The molecule has 0 aliphatic rings. The van der Waals surface area contributed by atoms with Crippen LogP contribution in [0.4, 0.5) is 5.69 Å². The summed E-state index contributed by atoms with van der Waals surface area (Å²) < 4.78 is 4.81. The van der Waals surface area contributed by atoms with Gasteiger partial charge in [-0.2, -0.15) is 0 Å². The lowest BCUT2D eigenvalue weighted by atomic mass is 10.1. The molecule has 7 heteroatoms. The lowest BCUT2D eigenvalue weighted by Gasteiger charge is -2.20. The first kappa shape index (κ1) is 16.6. The second-order valence-electron chi connectivity index (χ2n) is 4.33. The summed E-state index contributed by atoms with van der Waals surface area (Å²) in [6.45, 7) is 5.29. The Hall–Kier alpha value is -2.44. The Kier molecular flexibility index (Phi) is 5.83. The summed E-state index contributed by atoms with van der Waals surface area (Å²) >= 11 is 0. The number of carbonyl (C=O) groups excluding carboxylic acids is 2. The lowest BCUT2D eigenvalue weighted by molar-refractivity contribution is -0.385. The SMILES string of the molecule is CCOC(=O)CN(CC)C(=O)c1cccc([N+](=O)[O-])c1C. The summed E-state index contributed by atoms with van der Waals surface area (Å²) in [5, 5.41) is 10.9. The number of likely N-dealkylation sites (N-methyl/N-ethyl adjacent to an activating group) is 1. The molecule has 0 heterocycles. The van der Waals surface area contributed by atoms with Crippen molar-refractivity contribution in [2.75, 3.05) is 19.7 Å². The molecule has 114 valence electrons. The molecule has 0 bridgehead atoms. The molecule has 1 rings (SSSR count). The molecule has 0 atom stereocenters. The molecule has 0 fully saturated rings. The number of nitro benzene ring substituents is 1. The summed E-state index contributed by atoms with van der Waals surface area (Å²) in [7, 11) is 0. The molecule has 0 spiro atoms. The highest BCUT2D eigenvalue weighted by molar-refractivity contribution is 5.98. The van der Waals surface area contributed by atoms with Gasteiger partial charge in [-0.25, -0.2) is 0 Å². The van der Waals surface area contributed by atoms with E-state index in [9.17, 15) is 19.7 Å². The van der Waals surface area contributed by atoms with Crippen molar-refractivity contribution in [2.24, 2.45) is 0 Å². The zero-order valence-corrected chi connectivity index (χ0v) is 12.3. The van der Waals surface area contributed by atoms with E-state index in [0.29, 0.717) is 6.54 Å². The van der Waals surface area contributed by atoms with Crippen LogP contribution in [0.5, 0.6) is 0 Å². The average molecular weight is 294 g/mol. The molecule has 0 aliphatic carbocycles. The summed E-state index contributed by atoms with van der Waals surface area (Å²) in [4.78, 5) is 35.6. The van der Waals surface area contributed by atoms with E-state index in [1.165, 1.54) is 30.0 Å². The molecular formula is C14H18N2O5. The van der Waals surface area contributed by atoms with E-state index >= 15 is 0 Å². The Morgan fingerprint density at radius 2 is 2.00 bits per heavy atom. The van der Waals surface area contributed by atoms with Crippen molar-refractivity contribution in [3.05, 3.63) is 39.4 Å². The number of benzene rings is 1. The van der Waals surface area contributed by atoms with Gasteiger partial charge >= 0.3 is 5.97 Å². The number of nitrogens with zero attached hydrogens (tertiary/aromatic N) is 2. The van der Waals surface area contributed by atoms with E-state index in [2.05, 4.69) is 0 Å². The van der Waals surface area contributed by atoms with Crippen LogP contribution in [0.1, 0.15) is 29.8 Å². The number of amides is 1. The minimum absolute atomic E-state index is 0.118. The van der Waals surface area contributed by atoms with Gasteiger partial charge in [0.05, 0.1) is 11.5 Å². The predicted molar refractivity (Wildman–Crippen MR) is 76.0 cm³/mol. The van der Waals surface area contributed by atoms with E-state index in [1.807, 2.05) is 0 Å². The fraction of sp³-hybridized carbons (Fsp3) is 0.429. The summed E-state index contributed by atoms with van der Waals surface area (Å²) in [5.41, 5.74) is 0.387. The minimum Gasteiger partial charge on any atom is -0.465 e. The van der Waals surface area contributed by atoms with Gasteiger partial charge in [-0.15, -0.1) is 0 Å². The standard InChI is InChI=1S/C14H18N2O5/c1-4-15(9-13(17)21-5-2)14(18)11-7-6-8-12(10(11)3)16(19)20/h6-8H,4-5,9H2,1-3H3. The van der Waals surface area contributed by atoms with Crippen LogP contribution in [-0.2, 0) is 9.53 Å². The Labute approximate surface area is 122 Å². The number of hydrogen-bond donors (Lipinski definition) is 0. The third kappa shape index (κ3) is 4.01. The van der Waals surface area contributed by atoms with Crippen LogP contribution >= 0.6 is 0 Å². The second kappa shape index (κ2) is 7.37. The molecule has 0 saturated carbocycles. The van der Waals surface area contributed by atoms with Crippen LogP contribution in [0, 0.1) is 17.0 Å². The smallest absolute Gasteiger partial charge is 0.325 e. The van der Waals surface area contributed by atoms with Crippen molar-refractivity contribution in [2.45, 2.75) is 20.8 Å². The maximum Gasteiger partial charge on any atom is 0.325 e. The lowest BCUT2D eigenvalue weighted by Crippen LogP contribution is -2.36. The van der Waals surface area contributed by atoms with Crippen LogP contribution in [0.3, 0.4) is 0 Å². The van der Waals surface area contributed by atoms with Gasteiger partial charge in [-0.3, -0.25) is 19.7 Å². The van der Waals surface area contributed by atoms with Crippen LogP contribution in [0.15, 0.2) is 18.2 Å². The number of rotatable bonds is 6. The van der Waals surface area contributed by atoms with Crippen molar-refractivity contribution in [1.29, 1.82) is 0 Å². The molecule has 0 radical (unpaired) electrons. The second-order valence-corrected chi connectivity index (χ2v) is 4.33. The monoisotopic (exact) mass is 294 g/mol. The molecule has 0 N–H and O–H groups in total. The molecular weight excluding hydrogens is 276 g/mol. The van der Waals surface area contributed by atoms with Gasteiger partial charge in [0, 0.05) is 23.7 Å². The average Bonchev–Trinajstić information content (AvgIpc) is 2.44. The number of esters is 1. The first-order valence-corrected chi connectivity index (χ1v) is 6.61. The van der Waals surface area contributed by atoms with Crippen molar-refractivity contribution in [3.8, 4) is 0 Å². The number of ether oxygens (including phenoxy) is 1. The van der Waals surface area contributed by atoms with E-state index in [-0.39, 0.29) is 30.0 Å². The van der Waals surface area contributed by atoms with Gasteiger partial charge in [-0.05, 0) is 26.8 Å². The van der Waals surface area contributed by atoms with Crippen LogP contribution in [-0.4, -0.2) is 41.4 Å². The topological polar surface area (TPSA) is 89.8 Å². The van der Waals surface area contributed by atoms with E-state index in [0.717, 1.165) is 0 Å². The highest BCUT2D eigenvalue weighted by atomic mass is 16.6. The molecule has 0 aliphatic heterocycles. The first-order valence-electron chi connectivity index (χ1n) is 6.61. The third-order valence-corrected chi connectivity index (χ3v) is 3.03. The Balaban J connectivity index is 3.03. The number of nitro groups is 1. The minimum atomic E-state index is -0.534. The number of carbonyl (C=O) groups is 2. The zero-order valence-electron chi connectivity index (χ0n) is 12.3. The van der Waals surface area contributed by atoms with Crippen LogP contribution < -0.4 is 0 Å². The normalized spacial score (nSPS) is 10.0. The highest BCUT2D eigenvalue weighted by Gasteiger charge is 2.23. The molecule has 1 aromatic rings. The highest BCUT2D eigenvalue weighted by Crippen LogP contribution is 2.22. The van der Waals surface area contributed by atoms with Crippen molar-refractivity contribution < 1.29 is 19.2 Å². The summed E-state index contributed by atoms with van der Waals surface area (Å²) in [6, 6.07) is 4.31. The molecule has 1 aromatic carbocycles. The molecule has 1 amide bonds. The van der Waals surface area contributed by atoms with Gasteiger partial charge in [-0.1, -0.05) is 6.07 Å². The van der Waals surface area contributed by atoms with E-state index in [4.69, 9.17) is 4.74 Å². The van der Waals surface area contributed by atoms with Crippen LogP contribution in [0.2, 0.25) is 0 Å². The fourth-order valence-electron chi connectivity index (χ4n) is 1.91. The third-order valence-electron chi connectivity index (χ3n) is 3.03. The zero-order chi connectivity index (χ0) is 16.0. The molecule has 7 nitrogen and oxygen atoms in total. The van der Waals surface area contributed by atoms with Crippen molar-refractivity contribution in [3.63, 3.8) is 0 Å². The van der Waals surface area contributed by atoms with Gasteiger partial charge < -0.3 is 9.64 Å². The summed E-state index contributed by atoms with van der Waals surface area (Å²) in [6.07, 6.45) is 0. The molecule has 0 unspecified atom stereocenters. The maximum absolute atomic E-state index is 12.4. The molecule has 0 saturated heterocycles. The number of hydrogen-bond acceptors (Lipinski definition) is 5. The quantitative estimate of drug-likeness (QED) is 0.454. The predicted octanol–water partition coefficient (Wildman–Crippen LogP) is 1.93.